The molecule has 2 atom stereocenters. The molecule has 0 fully saturated rings. The zero-order valence-electron chi connectivity index (χ0n) is 19.7. The van der Waals surface area contributed by atoms with E-state index >= 15 is 0 Å². The molecule has 0 saturated heterocycles. The number of aliphatic hydroxyl groups is 1. The summed E-state index contributed by atoms with van der Waals surface area (Å²) in [6.45, 7) is 3.71. The maximum absolute atomic E-state index is 13.3. The summed E-state index contributed by atoms with van der Waals surface area (Å²) in [4.78, 5) is 11.5. The summed E-state index contributed by atoms with van der Waals surface area (Å²) in [5.41, 5.74) is 3.29. The van der Waals surface area contributed by atoms with E-state index in [9.17, 15) is 13.2 Å². The average molecular weight is 553 g/mol. The van der Waals surface area contributed by atoms with Crippen LogP contribution in [0, 0.1) is 13.8 Å². The third-order valence-corrected chi connectivity index (χ3v) is 8.39. The van der Waals surface area contributed by atoms with Crippen LogP contribution in [0.5, 0.6) is 5.75 Å². The Kier molecular flexibility index (Phi) is 7.56. The highest BCUT2D eigenvalue weighted by Crippen LogP contribution is 2.48. The van der Waals surface area contributed by atoms with Crippen molar-refractivity contribution in [3.63, 3.8) is 0 Å². The Labute approximate surface area is 219 Å². The lowest BCUT2D eigenvalue weighted by Gasteiger charge is -2.28. The number of nitrogens with one attached hydrogen (secondary N) is 2. The molecule has 1 aromatic heterocycles. The van der Waals surface area contributed by atoms with Gasteiger partial charge in [-0.2, -0.15) is 8.42 Å². The van der Waals surface area contributed by atoms with E-state index in [1.807, 2.05) is 42.8 Å². The van der Waals surface area contributed by atoms with Crippen LogP contribution >= 0.6 is 23.2 Å². The number of anilines is 1. The minimum atomic E-state index is -4.35. The summed E-state index contributed by atoms with van der Waals surface area (Å²) in [7, 11) is -4.35. The standard InChI is InChI=1S/C25H26Cl2N2O6S/c1-15-12-18(13-16(2)23(15)26)34-11-5-7-20-19-6-3-4-8-21(19)28-25(20,27)24(31)29-36(32,33)22-10-9-17(14-30)35-22/h3-4,6,8-10,12-13,20,28,30H,5,7,11,14H2,1-2H3,(H,29,31). The van der Waals surface area contributed by atoms with Gasteiger partial charge in [-0.05, 0) is 73.7 Å². The van der Waals surface area contributed by atoms with Crippen LogP contribution in [0.4, 0.5) is 5.69 Å². The Morgan fingerprint density at radius 3 is 2.56 bits per heavy atom. The third kappa shape index (κ3) is 5.20. The van der Waals surface area contributed by atoms with Crippen LogP contribution in [0.15, 0.2) is 58.0 Å². The Morgan fingerprint density at radius 1 is 1.19 bits per heavy atom. The number of carbonyl (C=O) groups is 1. The van der Waals surface area contributed by atoms with Gasteiger partial charge in [-0.15, -0.1) is 0 Å². The molecule has 3 aromatic rings. The number of hydrogen-bond acceptors (Lipinski definition) is 7. The molecule has 1 aliphatic rings. The molecule has 2 heterocycles. The molecule has 0 spiro atoms. The van der Waals surface area contributed by atoms with E-state index in [0.717, 1.165) is 22.8 Å². The number of hydrogen-bond donors (Lipinski definition) is 3. The number of rotatable bonds is 9. The SMILES string of the molecule is Cc1cc(OCCCC2c3ccccc3NC2(Cl)C(=O)NS(=O)(=O)c2ccc(CO)o2)cc(C)c1Cl. The number of sulfonamides is 1. The number of fused-ring (bicyclic) bond motifs is 1. The maximum atomic E-state index is 13.3. The number of ether oxygens (including phenoxy) is 1. The minimum Gasteiger partial charge on any atom is -0.494 e. The van der Waals surface area contributed by atoms with Crippen LogP contribution in [0.2, 0.25) is 5.02 Å². The summed E-state index contributed by atoms with van der Waals surface area (Å²) in [6, 6.07) is 13.5. The van der Waals surface area contributed by atoms with Gasteiger partial charge in [0.1, 0.15) is 18.1 Å². The fraction of sp³-hybridized carbons (Fsp3) is 0.320. The van der Waals surface area contributed by atoms with Crippen molar-refractivity contribution in [2.45, 2.75) is 49.3 Å². The quantitative estimate of drug-likeness (QED) is 0.197. The van der Waals surface area contributed by atoms with Gasteiger partial charge in [0, 0.05) is 16.6 Å². The minimum absolute atomic E-state index is 0.0544. The normalized spacial score (nSPS) is 19.0. The van der Waals surface area contributed by atoms with E-state index in [2.05, 4.69) is 5.32 Å². The Morgan fingerprint density at radius 2 is 1.89 bits per heavy atom. The second-order valence-electron chi connectivity index (χ2n) is 8.65. The first kappa shape index (κ1) is 26.3. The lowest BCUT2D eigenvalue weighted by atomic mass is 9.89. The van der Waals surface area contributed by atoms with Crippen LogP contribution < -0.4 is 14.8 Å². The van der Waals surface area contributed by atoms with E-state index in [-0.39, 0.29) is 5.76 Å². The van der Waals surface area contributed by atoms with E-state index in [1.54, 1.807) is 12.1 Å². The number of benzene rings is 2. The summed E-state index contributed by atoms with van der Waals surface area (Å²) in [6.07, 6.45) is 0.996. The summed E-state index contributed by atoms with van der Waals surface area (Å²) < 4.78 is 38.4. The fourth-order valence-electron chi connectivity index (χ4n) is 4.28. The maximum Gasteiger partial charge on any atom is 0.297 e. The molecular formula is C25H26Cl2N2O6S. The summed E-state index contributed by atoms with van der Waals surface area (Å²) in [5.74, 6) is -0.718. The van der Waals surface area contributed by atoms with Gasteiger partial charge < -0.3 is 19.6 Å². The molecule has 3 N–H and O–H groups in total. The fourth-order valence-corrected chi connectivity index (χ4v) is 5.79. The van der Waals surface area contributed by atoms with Gasteiger partial charge in [-0.25, -0.2) is 4.72 Å². The summed E-state index contributed by atoms with van der Waals surface area (Å²) in [5, 5.41) is 12.3. The van der Waals surface area contributed by atoms with Crippen molar-refractivity contribution in [1.82, 2.24) is 4.72 Å². The second-order valence-corrected chi connectivity index (χ2v) is 11.2. The van der Waals surface area contributed by atoms with E-state index in [4.69, 9.17) is 37.5 Å². The smallest absolute Gasteiger partial charge is 0.297 e. The monoisotopic (exact) mass is 552 g/mol. The number of alkyl halides is 1. The van der Waals surface area contributed by atoms with Gasteiger partial charge in [-0.3, -0.25) is 4.79 Å². The molecule has 0 radical (unpaired) electrons. The first-order valence-corrected chi connectivity index (χ1v) is 13.5. The summed E-state index contributed by atoms with van der Waals surface area (Å²) >= 11 is 13.0. The molecule has 1 aliphatic heterocycles. The predicted octanol–water partition coefficient (Wildman–Crippen LogP) is 4.85. The third-order valence-electron chi connectivity index (χ3n) is 6.06. The van der Waals surface area contributed by atoms with Crippen LogP contribution in [0.25, 0.3) is 0 Å². The molecule has 11 heteroatoms. The van der Waals surface area contributed by atoms with Crippen molar-refractivity contribution < 1.29 is 27.5 Å². The van der Waals surface area contributed by atoms with Gasteiger partial charge in [0.25, 0.3) is 15.9 Å². The topological polar surface area (TPSA) is 118 Å². The highest BCUT2D eigenvalue weighted by atomic mass is 35.5. The largest absolute Gasteiger partial charge is 0.494 e. The van der Waals surface area contributed by atoms with E-state index in [1.165, 1.54) is 6.07 Å². The van der Waals surface area contributed by atoms with Crippen molar-refractivity contribution >= 4 is 44.8 Å². The number of carbonyl (C=O) groups excluding carboxylic acids is 1. The number of furan rings is 1. The van der Waals surface area contributed by atoms with Crippen LogP contribution in [0.3, 0.4) is 0 Å². The van der Waals surface area contributed by atoms with Crippen molar-refractivity contribution in [3.05, 3.63) is 76.0 Å². The number of para-hydroxylation sites is 1. The van der Waals surface area contributed by atoms with Crippen molar-refractivity contribution in [3.8, 4) is 5.75 Å². The first-order chi connectivity index (χ1) is 17.0. The Balaban J connectivity index is 1.49. The van der Waals surface area contributed by atoms with Gasteiger partial charge in [0.05, 0.1) is 6.61 Å². The number of aryl methyl sites for hydroxylation is 2. The van der Waals surface area contributed by atoms with Crippen molar-refractivity contribution in [2.75, 3.05) is 11.9 Å². The van der Waals surface area contributed by atoms with Crippen molar-refractivity contribution in [1.29, 1.82) is 0 Å². The first-order valence-electron chi connectivity index (χ1n) is 11.3. The Bertz CT molecular complexity index is 1370. The number of amides is 1. The molecular weight excluding hydrogens is 527 g/mol. The van der Waals surface area contributed by atoms with Gasteiger partial charge in [0.2, 0.25) is 5.09 Å². The molecule has 0 bridgehead atoms. The van der Waals surface area contributed by atoms with E-state index in [0.29, 0.717) is 35.9 Å². The molecule has 8 nitrogen and oxygen atoms in total. The van der Waals surface area contributed by atoms with Gasteiger partial charge in [-0.1, -0.05) is 41.4 Å². The lowest BCUT2D eigenvalue weighted by molar-refractivity contribution is -0.121. The van der Waals surface area contributed by atoms with Crippen LogP contribution in [-0.4, -0.2) is 31.0 Å². The van der Waals surface area contributed by atoms with Gasteiger partial charge in [0.15, 0.2) is 5.00 Å². The zero-order chi connectivity index (χ0) is 26.1. The highest BCUT2D eigenvalue weighted by Gasteiger charge is 2.51. The molecule has 4 rings (SSSR count). The molecule has 2 unspecified atom stereocenters. The number of halogens is 2. The molecule has 0 saturated carbocycles. The molecule has 36 heavy (non-hydrogen) atoms. The zero-order valence-corrected chi connectivity index (χ0v) is 22.0. The van der Waals surface area contributed by atoms with Gasteiger partial charge >= 0.3 is 0 Å². The predicted molar refractivity (Wildman–Crippen MR) is 137 cm³/mol. The Hall–Kier alpha value is -2.72. The lowest BCUT2D eigenvalue weighted by Crippen LogP contribution is -2.51. The highest BCUT2D eigenvalue weighted by molar-refractivity contribution is 7.90. The number of aliphatic hydroxyl groups excluding tert-OH is 1. The molecule has 2 aromatic carbocycles. The van der Waals surface area contributed by atoms with Crippen LogP contribution in [0.1, 0.15) is 41.2 Å². The molecule has 1 amide bonds. The second kappa shape index (κ2) is 10.3. The van der Waals surface area contributed by atoms with Crippen molar-refractivity contribution in [2.24, 2.45) is 0 Å². The average Bonchev–Trinajstić information content (AvgIpc) is 3.43. The van der Waals surface area contributed by atoms with Crippen LogP contribution in [-0.2, 0) is 21.4 Å². The van der Waals surface area contributed by atoms with E-state index < -0.39 is 38.5 Å². The molecule has 192 valence electrons. The molecule has 0 aliphatic carbocycles.